The second-order valence-electron chi connectivity index (χ2n) is 7.07. The van der Waals surface area contributed by atoms with Gasteiger partial charge in [-0.3, -0.25) is 19.5 Å². The summed E-state index contributed by atoms with van der Waals surface area (Å²) < 4.78 is 1.64. The zero-order valence-corrected chi connectivity index (χ0v) is 19.4. The van der Waals surface area contributed by atoms with E-state index in [4.69, 9.17) is 11.6 Å². The third-order valence-corrected chi connectivity index (χ3v) is 6.91. The molecule has 0 radical (unpaired) electrons. The molecule has 1 N–H and O–H groups in total. The molecule has 2 aromatic carbocycles. The molecule has 1 aliphatic rings. The molecule has 1 aliphatic heterocycles. The molecule has 1 atom stereocenters. The molecule has 32 heavy (non-hydrogen) atoms. The Labute approximate surface area is 199 Å². The van der Waals surface area contributed by atoms with Gasteiger partial charge in [-0.05, 0) is 48.0 Å². The van der Waals surface area contributed by atoms with E-state index >= 15 is 0 Å². The van der Waals surface area contributed by atoms with Gasteiger partial charge in [0.2, 0.25) is 0 Å². The summed E-state index contributed by atoms with van der Waals surface area (Å²) in [4.78, 5) is 36.2. The third-order valence-electron chi connectivity index (χ3n) is 5.13. The van der Waals surface area contributed by atoms with Crippen LogP contribution in [-0.4, -0.2) is 26.8 Å². The largest absolute Gasteiger partial charge is 0.507 e. The number of aliphatic hydroxyl groups is 1. The SMILES string of the molecule is O=C1C(=O)N(c2nc3ccc(Cl)cc3s2)C(c2ccc(Br)cc2)/C1=C(\O)c1ccncc1. The Morgan fingerprint density at radius 2 is 1.78 bits per heavy atom. The number of ketones is 1. The smallest absolute Gasteiger partial charge is 0.301 e. The van der Waals surface area contributed by atoms with E-state index in [2.05, 4.69) is 25.9 Å². The lowest BCUT2D eigenvalue weighted by molar-refractivity contribution is -0.132. The van der Waals surface area contributed by atoms with E-state index < -0.39 is 17.7 Å². The maximum Gasteiger partial charge on any atom is 0.301 e. The van der Waals surface area contributed by atoms with Gasteiger partial charge in [-0.2, -0.15) is 0 Å². The van der Waals surface area contributed by atoms with Gasteiger partial charge in [-0.1, -0.05) is 51.0 Å². The number of aromatic nitrogens is 2. The maximum atomic E-state index is 13.2. The highest BCUT2D eigenvalue weighted by atomic mass is 79.9. The van der Waals surface area contributed by atoms with Crippen molar-refractivity contribution < 1.29 is 14.7 Å². The minimum Gasteiger partial charge on any atom is -0.507 e. The van der Waals surface area contributed by atoms with Crippen LogP contribution in [0.5, 0.6) is 0 Å². The fraction of sp³-hybridized carbons (Fsp3) is 0.0435. The summed E-state index contributed by atoms with van der Waals surface area (Å²) in [6.07, 6.45) is 3.02. The zero-order chi connectivity index (χ0) is 22.4. The number of pyridine rings is 1. The number of hydrogen-bond acceptors (Lipinski definition) is 6. The summed E-state index contributed by atoms with van der Waals surface area (Å²) in [5, 5.41) is 11.9. The third kappa shape index (κ3) is 3.50. The van der Waals surface area contributed by atoms with Crippen molar-refractivity contribution in [2.45, 2.75) is 6.04 Å². The molecule has 1 fully saturated rings. The number of anilines is 1. The van der Waals surface area contributed by atoms with Gasteiger partial charge in [-0.15, -0.1) is 0 Å². The van der Waals surface area contributed by atoms with Gasteiger partial charge in [0, 0.05) is 27.5 Å². The van der Waals surface area contributed by atoms with Gasteiger partial charge in [0.15, 0.2) is 5.13 Å². The van der Waals surface area contributed by atoms with Gasteiger partial charge < -0.3 is 5.11 Å². The number of Topliss-reactive ketones (excluding diaryl/α,β-unsaturated/α-hetero) is 1. The van der Waals surface area contributed by atoms with Gasteiger partial charge in [0.1, 0.15) is 5.76 Å². The zero-order valence-electron chi connectivity index (χ0n) is 16.2. The first-order chi connectivity index (χ1) is 15.4. The monoisotopic (exact) mass is 525 g/mol. The second-order valence-corrected chi connectivity index (χ2v) is 9.43. The van der Waals surface area contributed by atoms with Crippen molar-refractivity contribution in [1.82, 2.24) is 9.97 Å². The summed E-state index contributed by atoms with van der Waals surface area (Å²) in [6, 6.07) is 14.8. The van der Waals surface area contributed by atoms with Crippen molar-refractivity contribution >= 4 is 71.7 Å². The van der Waals surface area contributed by atoms with Crippen LogP contribution in [0.15, 0.2) is 77.0 Å². The summed E-state index contributed by atoms with van der Waals surface area (Å²) in [5.74, 6) is -1.78. The molecule has 0 saturated carbocycles. The van der Waals surface area contributed by atoms with Gasteiger partial charge in [0.05, 0.1) is 21.8 Å². The van der Waals surface area contributed by atoms with Gasteiger partial charge >= 0.3 is 5.91 Å². The molecule has 158 valence electrons. The predicted octanol–water partition coefficient (Wildman–Crippen LogP) is 5.73. The average Bonchev–Trinajstić information content (AvgIpc) is 3.32. The van der Waals surface area contributed by atoms with Crippen LogP contribution in [0.1, 0.15) is 17.2 Å². The van der Waals surface area contributed by atoms with E-state index in [1.807, 2.05) is 12.1 Å². The van der Waals surface area contributed by atoms with Crippen LogP contribution in [0.4, 0.5) is 5.13 Å². The van der Waals surface area contributed by atoms with Crippen LogP contribution in [0.25, 0.3) is 16.0 Å². The quantitative estimate of drug-likeness (QED) is 0.209. The number of amides is 1. The van der Waals surface area contributed by atoms with Crippen LogP contribution < -0.4 is 4.90 Å². The number of carbonyl (C=O) groups excluding carboxylic acids is 2. The van der Waals surface area contributed by atoms with Crippen molar-refractivity contribution in [3.63, 3.8) is 0 Å². The highest BCUT2D eigenvalue weighted by Gasteiger charge is 2.48. The lowest BCUT2D eigenvalue weighted by Crippen LogP contribution is -2.29. The standard InChI is InChI=1S/C23H13BrClN3O3S/c24-14-3-1-12(2-4-14)19-18(20(29)13-7-9-26-10-8-13)21(30)22(31)28(19)23-27-16-6-5-15(25)11-17(16)32-23/h1-11,19,29H/b20-18+. The molecule has 0 aliphatic carbocycles. The Bertz CT molecular complexity index is 1400. The number of thiazole rings is 1. The molecule has 4 aromatic rings. The van der Waals surface area contributed by atoms with E-state index in [-0.39, 0.29) is 11.3 Å². The molecule has 6 nitrogen and oxygen atoms in total. The highest BCUT2D eigenvalue weighted by Crippen LogP contribution is 2.44. The molecule has 3 heterocycles. The van der Waals surface area contributed by atoms with Gasteiger partial charge in [-0.25, -0.2) is 4.98 Å². The van der Waals surface area contributed by atoms with Crippen LogP contribution >= 0.6 is 38.9 Å². The van der Waals surface area contributed by atoms with Crippen molar-refractivity contribution in [3.8, 4) is 0 Å². The summed E-state index contributed by atoms with van der Waals surface area (Å²) in [5.41, 5.74) is 1.73. The van der Waals surface area contributed by atoms with E-state index in [0.717, 1.165) is 9.17 Å². The van der Waals surface area contributed by atoms with E-state index in [9.17, 15) is 14.7 Å². The number of benzene rings is 2. The fourth-order valence-electron chi connectivity index (χ4n) is 3.64. The lowest BCUT2D eigenvalue weighted by atomic mass is 9.96. The number of nitrogens with zero attached hydrogens (tertiary/aromatic N) is 3. The summed E-state index contributed by atoms with van der Waals surface area (Å²) in [6.45, 7) is 0. The average molecular weight is 527 g/mol. The Morgan fingerprint density at radius 1 is 1.06 bits per heavy atom. The first-order valence-electron chi connectivity index (χ1n) is 9.47. The maximum absolute atomic E-state index is 13.2. The Balaban J connectivity index is 1.73. The fourth-order valence-corrected chi connectivity index (χ4v) is 5.18. The highest BCUT2D eigenvalue weighted by molar-refractivity contribution is 9.10. The molecule has 2 aromatic heterocycles. The molecular weight excluding hydrogens is 514 g/mol. The normalized spacial score (nSPS) is 17.9. The number of rotatable bonds is 3. The molecule has 1 unspecified atom stereocenters. The second kappa shape index (κ2) is 8.12. The van der Waals surface area contributed by atoms with Gasteiger partial charge in [0.25, 0.3) is 5.78 Å². The first-order valence-corrected chi connectivity index (χ1v) is 11.5. The number of carbonyl (C=O) groups is 2. The van der Waals surface area contributed by atoms with E-state index in [1.165, 1.54) is 28.6 Å². The molecule has 9 heteroatoms. The molecule has 5 rings (SSSR count). The molecule has 1 saturated heterocycles. The van der Waals surface area contributed by atoms with Crippen LogP contribution in [-0.2, 0) is 9.59 Å². The molecule has 1 amide bonds. The van der Waals surface area contributed by atoms with Crippen LogP contribution in [0.2, 0.25) is 5.02 Å². The predicted molar refractivity (Wildman–Crippen MR) is 128 cm³/mol. The van der Waals surface area contributed by atoms with Crippen molar-refractivity contribution in [2.75, 3.05) is 4.90 Å². The van der Waals surface area contributed by atoms with Crippen molar-refractivity contribution in [3.05, 3.63) is 93.2 Å². The first kappa shape index (κ1) is 20.8. The topological polar surface area (TPSA) is 83.4 Å². The number of halogens is 2. The minimum absolute atomic E-state index is 0.000751. The van der Waals surface area contributed by atoms with E-state index in [0.29, 0.717) is 26.8 Å². The lowest BCUT2D eigenvalue weighted by Gasteiger charge is -2.23. The number of aliphatic hydroxyl groups excluding tert-OH is 1. The van der Waals surface area contributed by atoms with E-state index in [1.54, 1.807) is 42.5 Å². The summed E-state index contributed by atoms with van der Waals surface area (Å²) in [7, 11) is 0. The number of fused-ring (bicyclic) bond motifs is 1. The molecule has 0 spiro atoms. The summed E-state index contributed by atoms with van der Waals surface area (Å²) >= 11 is 10.8. The van der Waals surface area contributed by atoms with Crippen molar-refractivity contribution in [2.24, 2.45) is 0 Å². The Morgan fingerprint density at radius 3 is 2.50 bits per heavy atom. The molecular formula is C23H13BrClN3O3S. The van der Waals surface area contributed by atoms with Crippen molar-refractivity contribution in [1.29, 1.82) is 0 Å². The molecule has 0 bridgehead atoms. The van der Waals surface area contributed by atoms with Crippen LogP contribution in [0, 0.1) is 0 Å². The minimum atomic E-state index is -0.840. The Kier molecular flexibility index (Phi) is 5.28. The number of hydrogen-bond donors (Lipinski definition) is 1. The van der Waals surface area contributed by atoms with Crippen LogP contribution in [0.3, 0.4) is 0 Å². The Hall–Kier alpha value is -3.07.